The van der Waals surface area contributed by atoms with Crippen molar-refractivity contribution in [2.75, 3.05) is 13.1 Å². The molecule has 0 radical (unpaired) electrons. The number of rotatable bonds is 2. The van der Waals surface area contributed by atoms with Gasteiger partial charge < -0.3 is 10.6 Å². The second-order valence-electron chi connectivity index (χ2n) is 6.64. The van der Waals surface area contributed by atoms with Gasteiger partial charge in [0.25, 0.3) is 0 Å². The van der Waals surface area contributed by atoms with Crippen molar-refractivity contribution < 1.29 is 18.0 Å². The van der Waals surface area contributed by atoms with Crippen molar-refractivity contribution in [2.45, 2.75) is 57.7 Å². The lowest BCUT2D eigenvalue weighted by Gasteiger charge is -2.38. The molecule has 21 heavy (non-hydrogen) atoms. The van der Waals surface area contributed by atoms with Gasteiger partial charge in [0.1, 0.15) is 0 Å². The fourth-order valence-electron chi connectivity index (χ4n) is 3.57. The second-order valence-corrected chi connectivity index (χ2v) is 6.64. The maximum atomic E-state index is 12.7. The van der Waals surface area contributed by atoms with Gasteiger partial charge in [-0.25, -0.2) is 0 Å². The smallest absolute Gasteiger partial charge is 0.342 e. The van der Waals surface area contributed by atoms with Crippen molar-refractivity contribution in [1.29, 1.82) is 0 Å². The SMILES string of the molecule is CC(N)C1CCCN(C(=O)C2CCC(C(F)(F)F)CC2)C1. The maximum absolute atomic E-state index is 12.7. The number of hydrogen-bond acceptors (Lipinski definition) is 2. The molecule has 2 unspecified atom stereocenters. The molecule has 2 fully saturated rings. The normalized spacial score (nSPS) is 32.8. The lowest BCUT2D eigenvalue weighted by molar-refractivity contribution is -0.185. The van der Waals surface area contributed by atoms with Crippen molar-refractivity contribution in [3.8, 4) is 0 Å². The average molecular weight is 306 g/mol. The third-order valence-electron chi connectivity index (χ3n) is 5.05. The van der Waals surface area contributed by atoms with Crippen LogP contribution in [-0.4, -0.2) is 36.1 Å². The molecule has 0 aromatic carbocycles. The molecule has 1 saturated carbocycles. The highest BCUT2D eigenvalue weighted by atomic mass is 19.4. The summed E-state index contributed by atoms with van der Waals surface area (Å²) in [5.41, 5.74) is 5.91. The van der Waals surface area contributed by atoms with E-state index in [-0.39, 0.29) is 30.7 Å². The average Bonchev–Trinajstić information content (AvgIpc) is 2.46. The minimum atomic E-state index is -4.11. The van der Waals surface area contributed by atoms with Crippen LogP contribution in [0.15, 0.2) is 0 Å². The quantitative estimate of drug-likeness (QED) is 0.852. The van der Waals surface area contributed by atoms with Crippen LogP contribution < -0.4 is 5.73 Å². The molecule has 6 heteroatoms. The Balaban J connectivity index is 1.87. The summed E-state index contributed by atoms with van der Waals surface area (Å²) in [7, 11) is 0. The highest BCUT2D eigenvalue weighted by Gasteiger charge is 2.43. The van der Waals surface area contributed by atoms with Gasteiger partial charge in [0.05, 0.1) is 5.92 Å². The first-order valence-electron chi connectivity index (χ1n) is 7.90. The third kappa shape index (κ3) is 4.11. The predicted molar refractivity (Wildman–Crippen MR) is 74.5 cm³/mol. The van der Waals surface area contributed by atoms with E-state index in [0.717, 1.165) is 19.4 Å². The molecule has 0 bridgehead atoms. The van der Waals surface area contributed by atoms with E-state index >= 15 is 0 Å². The first-order chi connectivity index (χ1) is 9.79. The zero-order chi connectivity index (χ0) is 15.6. The van der Waals surface area contributed by atoms with E-state index in [1.807, 2.05) is 11.8 Å². The number of likely N-dealkylation sites (tertiary alicyclic amines) is 1. The van der Waals surface area contributed by atoms with Gasteiger partial charge in [-0.2, -0.15) is 13.2 Å². The molecule has 2 rings (SSSR count). The molecule has 122 valence electrons. The van der Waals surface area contributed by atoms with Gasteiger partial charge in [0.2, 0.25) is 5.91 Å². The number of nitrogens with zero attached hydrogens (tertiary/aromatic N) is 1. The molecule has 3 nitrogen and oxygen atoms in total. The van der Waals surface area contributed by atoms with Crippen LogP contribution in [-0.2, 0) is 4.79 Å². The lowest BCUT2D eigenvalue weighted by atomic mass is 9.80. The zero-order valence-corrected chi connectivity index (χ0v) is 12.5. The lowest BCUT2D eigenvalue weighted by Crippen LogP contribution is -2.47. The van der Waals surface area contributed by atoms with Gasteiger partial charge in [-0.3, -0.25) is 4.79 Å². The van der Waals surface area contributed by atoms with Crippen LogP contribution in [0.1, 0.15) is 45.4 Å². The van der Waals surface area contributed by atoms with Gasteiger partial charge >= 0.3 is 6.18 Å². The molecule has 2 aliphatic rings. The molecular formula is C15H25F3N2O. The Morgan fingerprint density at radius 1 is 1.19 bits per heavy atom. The minimum Gasteiger partial charge on any atom is -0.342 e. The van der Waals surface area contributed by atoms with Crippen LogP contribution in [0.4, 0.5) is 13.2 Å². The van der Waals surface area contributed by atoms with Crippen molar-refractivity contribution in [3.63, 3.8) is 0 Å². The number of nitrogens with two attached hydrogens (primary N) is 1. The molecular weight excluding hydrogens is 281 g/mol. The molecule has 1 aliphatic heterocycles. The van der Waals surface area contributed by atoms with Gasteiger partial charge in [-0.05, 0) is 51.4 Å². The molecule has 0 aromatic rings. The number of piperidine rings is 1. The fourth-order valence-corrected chi connectivity index (χ4v) is 3.57. The molecule has 1 aliphatic carbocycles. The number of hydrogen-bond donors (Lipinski definition) is 1. The summed E-state index contributed by atoms with van der Waals surface area (Å²) in [4.78, 5) is 14.3. The topological polar surface area (TPSA) is 46.3 Å². The van der Waals surface area contributed by atoms with Crippen LogP contribution in [0.2, 0.25) is 0 Å². The van der Waals surface area contributed by atoms with E-state index in [0.29, 0.717) is 25.3 Å². The number of carbonyl (C=O) groups excluding carboxylic acids is 1. The van der Waals surface area contributed by atoms with Gasteiger partial charge in [-0.15, -0.1) is 0 Å². The third-order valence-corrected chi connectivity index (χ3v) is 5.05. The van der Waals surface area contributed by atoms with E-state index in [2.05, 4.69) is 0 Å². The van der Waals surface area contributed by atoms with Crippen molar-refractivity contribution in [2.24, 2.45) is 23.5 Å². The Morgan fingerprint density at radius 2 is 1.81 bits per heavy atom. The predicted octanol–water partition coefficient (Wildman–Crippen LogP) is 2.94. The van der Waals surface area contributed by atoms with Crippen LogP contribution >= 0.6 is 0 Å². The summed E-state index contributed by atoms with van der Waals surface area (Å²) in [5.74, 6) is -1.09. The summed E-state index contributed by atoms with van der Waals surface area (Å²) >= 11 is 0. The van der Waals surface area contributed by atoms with Crippen molar-refractivity contribution in [1.82, 2.24) is 4.90 Å². The van der Waals surface area contributed by atoms with Gasteiger partial charge in [0.15, 0.2) is 0 Å². The Hall–Kier alpha value is -0.780. The van der Waals surface area contributed by atoms with E-state index < -0.39 is 12.1 Å². The standard InChI is InChI=1S/C15H25F3N2O/c1-10(19)12-3-2-8-20(9-12)14(21)11-4-6-13(7-5-11)15(16,17)18/h10-13H,2-9,19H2,1H3. The molecule has 2 atom stereocenters. The van der Waals surface area contributed by atoms with Crippen molar-refractivity contribution >= 4 is 5.91 Å². The minimum absolute atomic E-state index is 0.0426. The summed E-state index contributed by atoms with van der Waals surface area (Å²) < 4.78 is 38.0. The molecule has 1 saturated heterocycles. The monoisotopic (exact) mass is 306 g/mol. The second kappa shape index (κ2) is 6.55. The first-order valence-corrected chi connectivity index (χ1v) is 7.90. The summed E-state index contributed by atoms with van der Waals surface area (Å²) in [6.45, 7) is 3.34. The Morgan fingerprint density at radius 3 is 2.33 bits per heavy atom. The Labute approximate surface area is 124 Å². The molecule has 1 amide bonds. The Bertz CT molecular complexity index is 362. The highest BCUT2D eigenvalue weighted by molar-refractivity contribution is 5.79. The summed E-state index contributed by atoms with van der Waals surface area (Å²) in [5, 5.41) is 0. The van der Waals surface area contributed by atoms with Crippen LogP contribution in [0.5, 0.6) is 0 Å². The maximum Gasteiger partial charge on any atom is 0.391 e. The highest BCUT2D eigenvalue weighted by Crippen LogP contribution is 2.40. The van der Waals surface area contributed by atoms with E-state index in [9.17, 15) is 18.0 Å². The van der Waals surface area contributed by atoms with E-state index in [4.69, 9.17) is 5.73 Å². The van der Waals surface area contributed by atoms with Crippen LogP contribution in [0.3, 0.4) is 0 Å². The number of alkyl halides is 3. The molecule has 0 aromatic heterocycles. The Kier molecular flexibility index (Phi) is 5.17. The molecule has 1 heterocycles. The molecule has 0 spiro atoms. The zero-order valence-electron chi connectivity index (χ0n) is 12.5. The summed E-state index contributed by atoms with van der Waals surface area (Å²) in [6, 6.07) is 0.0570. The summed E-state index contributed by atoms with van der Waals surface area (Å²) in [6.07, 6.45) is -1.24. The number of carbonyl (C=O) groups is 1. The van der Waals surface area contributed by atoms with Gasteiger partial charge in [0, 0.05) is 25.0 Å². The van der Waals surface area contributed by atoms with Crippen molar-refractivity contribution in [3.05, 3.63) is 0 Å². The van der Waals surface area contributed by atoms with E-state index in [1.54, 1.807) is 0 Å². The molecule has 2 N–H and O–H groups in total. The van der Waals surface area contributed by atoms with Crippen LogP contribution in [0.25, 0.3) is 0 Å². The number of amides is 1. The largest absolute Gasteiger partial charge is 0.391 e. The van der Waals surface area contributed by atoms with Crippen LogP contribution in [0, 0.1) is 17.8 Å². The fraction of sp³-hybridized carbons (Fsp3) is 0.933. The van der Waals surface area contributed by atoms with E-state index in [1.165, 1.54) is 0 Å². The first kappa shape index (κ1) is 16.6. The number of halogens is 3. The van der Waals surface area contributed by atoms with Gasteiger partial charge in [-0.1, -0.05) is 0 Å².